The Morgan fingerprint density at radius 2 is 1.73 bits per heavy atom. The minimum atomic E-state index is -0.589. The number of rotatable bonds is 9. The summed E-state index contributed by atoms with van der Waals surface area (Å²) in [5.41, 5.74) is 0.900. The van der Waals surface area contributed by atoms with Gasteiger partial charge in [-0.15, -0.1) is 0 Å². The van der Waals surface area contributed by atoms with Gasteiger partial charge in [0.1, 0.15) is 6.61 Å². The smallest absolute Gasteiger partial charge is 0.333 e. The Morgan fingerprint density at radius 3 is 2.14 bits per heavy atom. The van der Waals surface area contributed by atoms with Crippen molar-refractivity contribution in [3.05, 3.63) is 12.2 Å². The van der Waals surface area contributed by atoms with Gasteiger partial charge >= 0.3 is 5.97 Å². The summed E-state index contributed by atoms with van der Waals surface area (Å²) in [5, 5.41) is 9.95. The van der Waals surface area contributed by atoms with Crippen LogP contribution >= 0.6 is 0 Å². The summed E-state index contributed by atoms with van der Waals surface area (Å²) in [7, 11) is 0. The van der Waals surface area contributed by atoms with E-state index in [9.17, 15) is 9.90 Å². The molecule has 0 aliphatic carbocycles. The minimum Gasteiger partial charge on any atom is -0.460 e. The van der Waals surface area contributed by atoms with Crippen LogP contribution in [0.25, 0.3) is 0 Å². The van der Waals surface area contributed by atoms with Crippen LogP contribution in [-0.4, -0.2) is 23.8 Å². The van der Waals surface area contributed by atoms with Crippen molar-refractivity contribution >= 4 is 5.97 Å². The molecule has 0 fully saturated rings. The molecule has 3 nitrogen and oxygen atoms in total. The third kappa shape index (κ3) is 7.44. The summed E-state index contributed by atoms with van der Waals surface area (Å²) in [6.07, 6.45) is 3.24. The number of aliphatic hydroxyl groups excluding tert-OH is 1. The Hall–Kier alpha value is -0.830. The van der Waals surface area contributed by atoms with Gasteiger partial charge in [0.2, 0.25) is 0 Å². The van der Waals surface area contributed by atoms with Crippen molar-refractivity contribution in [3.63, 3.8) is 0 Å². The highest BCUT2D eigenvalue weighted by Gasteiger charge is 2.36. The highest BCUT2D eigenvalue weighted by atomic mass is 16.5. The van der Waals surface area contributed by atoms with Crippen LogP contribution in [0.2, 0.25) is 0 Å². The topological polar surface area (TPSA) is 46.5 Å². The van der Waals surface area contributed by atoms with Crippen molar-refractivity contribution in [2.45, 2.75) is 80.3 Å². The second-order valence-electron chi connectivity index (χ2n) is 8.22. The lowest BCUT2D eigenvalue weighted by molar-refractivity contribution is -0.142. The number of esters is 1. The average molecular weight is 312 g/mol. The molecule has 22 heavy (non-hydrogen) atoms. The SMILES string of the molecule is C=C(C)C(=O)OCC(O)CCCC(C(C)(C)C)C(C)(C)CC. The van der Waals surface area contributed by atoms with E-state index in [1.807, 2.05) is 0 Å². The summed E-state index contributed by atoms with van der Waals surface area (Å²) in [6.45, 7) is 19.0. The zero-order valence-corrected chi connectivity index (χ0v) is 15.7. The molecule has 0 amide bonds. The maximum Gasteiger partial charge on any atom is 0.333 e. The number of carbonyl (C=O) groups is 1. The van der Waals surface area contributed by atoms with Gasteiger partial charge in [0, 0.05) is 5.57 Å². The fourth-order valence-corrected chi connectivity index (χ4v) is 3.18. The van der Waals surface area contributed by atoms with Crippen LogP contribution in [0, 0.1) is 16.7 Å². The van der Waals surface area contributed by atoms with Gasteiger partial charge in [-0.3, -0.25) is 0 Å². The molecule has 0 radical (unpaired) electrons. The molecule has 0 aromatic carbocycles. The zero-order chi connectivity index (χ0) is 17.6. The Balaban J connectivity index is 4.34. The Labute approximate surface area is 137 Å². The van der Waals surface area contributed by atoms with E-state index >= 15 is 0 Å². The molecule has 0 bridgehead atoms. The Kier molecular flexibility index (Phi) is 8.38. The molecule has 3 heteroatoms. The van der Waals surface area contributed by atoms with Crippen molar-refractivity contribution in [2.75, 3.05) is 6.61 Å². The first-order valence-electron chi connectivity index (χ1n) is 8.42. The molecule has 0 heterocycles. The monoisotopic (exact) mass is 312 g/mol. The van der Waals surface area contributed by atoms with Gasteiger partial charge in [-0.25, -0.2) is 4.79 Å². The number of ether oxygens (including phenoxy) is 1. The van der Waals surface area contributed by atoms with Crippen LogP contribution in [0.3, 0.4) is 0 Å². The van der Waals surface area contributed by atoms with Gasteiger partial charge in [-0.1, -0.05) is 61.0 Å². The Bertz CT molecular complexity index is 363. The molecule has 0 aromatic heterocycles. The molecule has 2 atom stereocenters. The van der Waals surface area contributed by atoms with Crippen molar-refractivity contribution < 1.29 is 14.6 Å². The second-order valence-corrected chi connectivity index (χ2v) is 8.22. The van der Waals surface area contributed by atoms with Crippen molar-refractivity contribution in [1.29, 1.82) is 0 Å². The van der Waals surface area contributed by atoms with E-state index in [2.05, 4.69) is 48.1 Å². The minimum absolute atomic E-state index is 0.0586. The molecule has 0 aliphatic heterocycles. The molecular formula is C19H36O3. The number of aliphatic hydroxyl groups is 1. The van der Waals surface area contributed by atoms with Crippen LogP contribution < -0.4 is 0 Å². The summed E-state index contributed by atoms with van der Waals surface area (Å²) in [5.74, 6) is 0.161. The van der Waals surface area contributed by atoms with Gasteiger partial charge in [-0.2, -0.15) is 0 Å². The van der Waals surface area contributed by atoms with E-state index in [1.54, 1.807) is 6.92 Å². The summed E-state index contributed by atoms with van der Waals surface area (Å²) >= 11 is 0. The molecule has 0 aromatic rings. The fraction of sp³-hybridized carbons (Fsp3) is 0.842. The number of hydrogen-bond donors (Lipinski definition) is 1. The van der Waals surface area contributed by atoms with Crippen molar-refractivity contribution in [1.82, 2.24) is 0 Å². The molecule has 2 unspecified atom stereocenters. The summed E-state index contributed by atoms with van der Waals surface area (Å²) < 4.78 is 4.99. The predicted molar refractivity (Wildman–Crippen MR) is 92.6 cm³/mol. The van der Waals surface area contributed by atoms with E-state index in [0.29, 0.717) is 17.9 Å². The molecule has 130 valence electrons. The van der Waals surface area contributed by atoms with Gasteiger partial charge in [0.05, 0.1) is 6.10 Å². The third-order valence-electron chi connectivity index (χ3n) is 4.69. The standard InChI is InChI=1S/C19H36O3/c1-9-19(7,8)16(18(4,5)6)12-10-11-15(20)13-22-17(21)14(2)3/h15-16,20H,2,9-13H2,1,3-8H3. The molecule has 0 spiro atoms. The maximum absolute atomic E-state index is 11.3. The fourth-order valence-electron chi connectivity index (χ4n) is 3.18. The first kappa shape index (κ1) is 21.2. The first-order valence-corrected chi connectivity index (χ1v) is 8.42. The van der Waals surface area contributed by atoms with E-state index in [-0.39, 0.29) is 17.4 Å². The van der Waals surface area contributed by atoms with Crippen molar-refractivity contribution in [3.8, 4) is 0 Å². The third-order valence-corrected chi connectivity index (χ3v) is 4.69. The molecule has 1 N–H and O–H groups in total. The van der Waals surface area contributed by atoms with E-state index in [0.717, 1.165) is 19.3 Å². The molecular weight excluding hydrogens is 276 g/mol. The maximum atomic E-state index is 11.3. The summed E-state index contributed by atoms with van der Waals surface area (Å²) in [6, 6.07) is 0. The van der Waals surface area contributed by atoms with Crippen LogP contribution in [0.1, 0.15) is 74.1 Å². The van der Waals surface area contributed by atoms with Crippen LogP contribution in [0.15, 0.2) is 12.2 Å². The van der Waals surface area contributed by atoms with Crippen LogP contribution in [-0.2, 0) is 9.53 Å². The normalized spacial score (nSPS) is 15.3. The number of hydrogen-bond acceptors (Lipinski definition) is 3. The average Bonchev–Trinajstić information content (AvgIpc) is 2.38. The molecule has 0 aliphatic rings. The largest absolute Gasteiger partial charge is 0.460 e. The predicted octanol–water partition coefficient (Wildman–Crippen LogP) is 4.74. The van der Waals surface area contributed by atoms with Gasteiger partial charge in [0.15, 0.2) is 0 Å². The highest BCUT2D eigenvalue weighted by molar-refractivity contribution is 5.86. The number of carbonyl (C=O) groups excluding carboxylic acids is 1. The van der Waals surface area contributed by atoms with Crippen molar-refractivity contribution in [2.24, 2.45) is 16.7 Å². The highest BCUT2D eigenvalue weighted by Crippen LogP contribution is 2.45. The molecule has 0 saturated carbocycles. The van der Waals surface area contributed by atoms with Crippen LogP contribution in [0.5, 0.6) is 0 Å². The van der Waals surface area contributed by atoms with Gasteiger partial charge < -0.3 is 9.84 Å². The lowest BCUT2D eigenvalue weighted by atomic mass is 9.63. The lowest BCUT2D eigenvalue weighted by Gasteiger charge is -2.43. The van der Waals surface area contributed by atoms with Crippen LogP contribution in [0.4, 0.5) is 0 Å². The first-order chi connectivity index (χ1) is 9.91. The second kappa shape index (κ2) is 8.71. The quantitative estimate of drug-likeness (QED) is 0.494. The van der Waals surface area contributed by atoms with Gasteiger partial charge in [-0.05, 0) is 36.5 Å². The summed E-state index contributed by atoms with van der Waals surface area (Å²) in [4.78, 5) is 11.3. The van der Waals surface area contributed by atoms with Gasteiger partial charge in [0.25, 0.3) is 0 Å². The zero-order valence-electron chi connectivity index (χ0n) is 15.7. The molecule has 0 saturated heterocycles. The lowest BCUT2D eigenvalue weighted by Crippen LogP contribution is -2.34. The molecule has 0 rings (SSSR count). The Morgan fingerprint density at radius 1 is 1.18 bits per heavy atom. The van der Waals surface area contributed by atoms with E-state index < -0.39 is 12.1 Å². The van der Waals surface area contributed by atoms with E-state index in [1.165, 1.54) is 0 Å². The van der Waals surface area contributed by atoms with E-state index in [4.69, 9.17) is 4.74 Å².